The van der Waals surface area contributed by atoms with Crippen molar-refractivity contribution in [3.05, 3.63) is 41.7 Å². The minimum Gasteiger partial charge on any atom is -0.353 e. The van der Waals surface area contributed by atoms with Gasteiger partial charge in [0.1, 0.15) is 0 Å². The zero-order valence-electron chi connectivity index (χ0n) is 11.6. The second kappa shape index (κ2) is 4.72. The molecule has 1 aromatic rings. The number of nitrogens with zero attached hydrogens (tertiary/aromatic N) is 1. The standard InChI is InChI=1S/C17H20N2O/c20-16(10-11-1-3-18-4-2-11)19-17-14-6-12-5-13(8-14)9-15(17)7-12/h1-5,12,14-15,17H,6-10H2,(H,19,20). The van der Waals surface area contributed by atoms with Gasteiger partial charge in [-0.05, 0) is 61.1 Å². The molecule has 4 aliphatic rings. The molecule has 3 nitrogen and oxygen atoms in total. The van der Waals surface area contributed by atoms with Crippen LogP contribution in [0, 0.1) is 17.8 Å². The van der Waals surface area contributed by atoms with Crippen molar-refractivity contribution < 1.29 is 4.79 Å². The summed E-state index contributed by atoms with van der Waals surface area (Å²) in [5, 5.41) is 3.32. The predicted molar refractivity (Wildman–Crippen MR) is 76.9 cm³/mol. The van der Waals surface area contributed by atoms with E-state index in [2.05, 4.69) is 16.4 Å². The fourth-order valence-corrected chi connectivity index (χ4v) is 4.49. The Hall–Kier alpha value is -1.64. The highest BCUT2D eigenvalue weighted by Gasteiger charge is 2.44. The summed E-state index contributed by atoms with van der Waals surface area (Å²) < 4.78 is 0. The van der Waals surface area contributed by atoms with Crippen molar-refractivity contribution in [2.75, 3.05) is 0 Å². The van der Waals surface area contributed by atoms with Gasteiger partial charge < -0.3 is 5.32 Å². The summed E-state index contributed by atoms with van der Waals surface area (Å²) in [6, 6.07) is 4.25. The smallest absolute Gasteiger partial charge is 0.224 e. The minimum absolute atomic E-state index is 0.169. The average molecular weight is 268 g/mol. The molecule has 1 heterocycles. The molecule has 2 fully saturated rings. The van der Waals surface area contributed by atoms with Crippen LogP contribution in [0.3, 0.4) is 0 Å². The maximum atomic E-state index is 12.3. The summed E-state index contributed by atoms with van der Waals surface area (Å²) in [6.45, 7) is 0. The highest BCUT2D eigenvalue weighted by atomic mass is 16.1. The molecule has 1 aromatic heterocycles. The van der Waals surface area contributed by atoms with Crippen LogP contribution in [0.4, 0.5) is 0 Å². The van der Waals surface area contributed by atoms with E-state index >= 15 is 0 Å². The van der Waals surface area contributed by atoms with E-state index in [9.17, 15) is 4.79 Å². The lowest BCUT2D eigenvalue weighted by Gasteiger charge is -2.50. The second-order valence-electron chi connectivity index (χ2n) is 6.61. The van der Waals surface area contributed by atoms with Gasteiger partial charge in [-0.3, -0.25) is 9.78 Å². The highest BCUT2D eigenvalue weighted by Crippen LogP contribution is 2.50. The SMILES string of the molecule is O=C(Cc1ccncc1)NC1C2CC3=CC(C2)CC1C3. The third kappa shape index (κ3) is 2.15. The predicted octanol–water partition coefficient (Wildman–Crippen LogP) is 2.49. The first-order valence-electron chi connectivity index (χ1n) is 7.66. The van der Waals surface area contributed by atoms with E-state index in [1.54, 1.807) is 18.0 Å². The molecule has 104 valence electrons. The van der Waals surface area contributed by atoms with Crippen LogP contribution in [-0.4, -0.2) is 16.9 Å². The van der Waals surface area contributed by atoms with Gasteiger partial charge >= 0.3 is 0 Å². The van der Waals surface area contributed by atoms with Gasteiger partial charge in [0.2, 0.25) is 5.91 Å². The summed E-state index contributed by atoms with van der Waals surface area (Å²) in [5.74, 6) is 2.35. The molecule has 0 radical (unpaired) electrons. The summed E-state index contributed by atoms with van der Waals surface area (Å²) in [4.78, 5) is 16.2. The van der Waals surface area contributed by atoms with Gasteiger partial charge in [-0.2, -0.15) is 0 Å². The molecule has 0 spiro atoms. The van der Waals surface area contributed by atoms with E-state index in [4.69, 9.17) is 0 Å². The number of allylic oxidation sites excluding steroid dienone is 2. The van der Waals surface area contributed by atoms with Crippen LogP contribution in [0.5, 0.6) is 0 Å². The van der Waals surface area contributed by atoms with Gasteiger partial charge in [0, 0.05) is 18.4 Å². The van der Waals surface area contributed by atoms with Gasteiger partial charge in [-0.15, -0.1) is 0 Å². The largest absolute Gasteiger partial charge is 0.353 e. The molecule has 0 aliphatic heterocycles. The van der Waals surface area contributed by atoms with E-state index < -0.39 is 0 Å². The molecule has 2 saturated carbocycles. The molecule has 3 heteroatoms. The number of carbonyl (C=O) groups excluding carboxylic acids is 1. The monoisotopic (exact) mass is 268 g/mol. The topological polar surface area (TPSA) is 42.0 Å². The van der Waals surface area contributed by atoms with Crippen LogP contribution in [0.25, 0.3) is 0 Å². The van der Waals surface area contributed by atoms with Crippen molar-refractivity contribution in [1.29, 1.82) is 0 Å². The number of hydrogen-bond acceptors (Lipinski definition) is 2. The molecule has 1 amide bonds. The molecular formula is C17H20N2O. The molecule has 2 atom stereocenters. The quantitative estimate of drug-likeness (QED) is 0.856. The molecule has 4 aliphatic carbocycles. The van der Waals surface area contributed by atoms with Crippen molar-refractivity contribution in [3.63, 3.8) is 0 Å². The molecule has 0 saturated heterocycles. The molecule has 4 bridgehead atoms. The van der Waals surface area contributed by atoms with Crippen molar-refractivity contribution >= 4 is 5.91 Å². The van der Waals surface area contributed by atoms with Gasteiger partial charge in [-0.1, -0.05) is 11.6 Å². The van der Waals surface area contributed by atoms with Crippen molar-refractivity contribution in [1.82, 2.24) is 10.3 Å². The first kappa shape index (κ1) is 12.1. The Morgan fingerprint density at radius 1 is 1.20 bits per heavy atom. The summed E-state index contributed by atoms with van der Waals surface area (Å²) in [7, 11) is 0. The third-order valence-corrected chi connectivity index (χ3v) is 5.19. The second-order valence-corrected chi connectivity index (χ2v) is 6.61. The van der Waals surface area contributed by atoms with Crippen LogP contribution < -0.4 is 5.32 Å². The zero-order valence-corrected chi connectivity index (χ0v) is 11.6. The number of rotatable bonds is 3. The van der Waals surface area contributed by atoms with E-state index in [0.717, 1.165) is 11.5 Å². The molecule has 0 aromatic carbocycles. The van der Waals surface area contributed by atoms with Gasteiger partial charge in [-0.25, -0.2) is 0 Å². The van der Waals surface area contributed by atoms with E-state index in [1.807, 2.05) is 12.1 Å². The number of carbonyl (C=O) groups is 1. The number of pyridine rings is 1. The van der Waals surface area contributed by atoms with Crippen LogP contribution in [0.2, 0.25) is 0 Å². The van der Waals surface area contributed by atoms with E-state index in [0.29, 0.717) is 24.3 Å². The number of aromatic nitrogens is 1. The maximum absolute atomic E-state index is 12.3. The van der Waals surface area contributed by atoms with Gasteiger partial charge in [0.25, 0.3) is 0 Å². The normalized spacial score (nSPS) is 33.9. The Labute approximate surface area is 119 Å². The summed E-state index contributed by atoms with van der Waals surface area (Å²) >= 11 is 0. The molecule has 1 N–H and O–H groups in total. The molecule has 5 rings (SSSR count). The third-order valence-electron chi connectivity index (χ3n) is 5.19. The fourth-order valence-electron chi connectivity index (χ4n) is 4.49. The Bertz CT molecular complexity index is 533. The minimum atomic E-state index is 0.169. The Balaban J connectivity index is 1.42. The Kier molecular flexibility index (Phi) is 2.86. The van der Waals surface area contributed by atoms with Crippen LogP contribution in [0.1, 0.15) is 31.2 Å². The fraction of sp³-hybridized carbons (Fsp3) is 0.529. The van der Waals surface area contributed by atoms with E-state index in [1.165, 1.54) is 25.7 Å². The first-order chi connectivity index (χ1) is 9.78. The van der Waals surface area contributed by atoms with Gasteiger partial charge in [0.05, 0.1) is 6.42 Å². The van der Waals surface area contributed by atoms with Crippen LogP contribution >= 0.6 is 0 Å². The average Bonchev–Trinajstić information content (AvgIpc) is 2.43. The number of hydrogen-bond donors (Lipinski definition) is 1. The van der Waals surface area contributed by atoms with Crippen molar-refractivity contribution in [2.24, 2.45) is 17.8 Å². The lowest BCUT2D eigenvalue weighted by molar-refractivity contribution is -0.122. The number of amides is 1. The summed E-state index contributed by atoms with van der Waals surface area (Å²) in [5.41, 5.74) is 2.70. The lowest BCUT2D eigenvalue weighted by Crippen LogP contribution is -2.53. The number of nitrogens with one attached hydrogen (secondary N) is 1. The molecular weight excluding hydrogens is 248 g/mol. The van der Waals surface area contributed by atoms with Crippen molar-refractivity contribution in [2.45, 2.75) is 38.1 Å². The first-order valence-corrected chi connectivity index (χ1v) is 7.66. The lowest BCUT2D eigenvalue weighted by atomic mass is 9.59. The van der Waals surface area contributed by atoms with Crippen LogP contribution in [-0.2, 0) is 11.2 Å². The molecule has 20 heavy (non-hydrogen) atoms. The Morgan fingerprint density at radius 2 is 1.90 bits per heavy atom. The van der Waals surface area contributed by atoms with Crippen molar-refractivity contribution in [3.8, 4) is 0 Å². The van der Waals surface area contributed by atoms with Crippen LogP contribution in [0.15, 0.2) is 36.2 Å². The Morgan fingerprint density at radius 3 is 2.55 bits per heavy atom. The van der Waals surface area contributed by atoms with E-state index in [-0.39, 0.29) is 5.91 Å². The summed E-state index contributed by atoms with van der Waals surface area (Å²) in [6.07, 6.45) is 11.5. The van der Waals surface area contributed by atoms with Gasteiger partial charge in [0.15, 0.2) is 0 Å². The molecule has 2 unspecified atom stereocenters. The zero-order chi connectivity index (χ0) is 13.5. The maximum Gasteiger partial charge on any atom is 0.224 e. The highest BCUT2D eigenvalue weighted by molar-refractivity contribution is 5.79.